The second-order valence-electron chi connectivity index (χ2n) is 5.81. The standard InChI is InChI=1S/C16H22N2O/c19-16(14-5-4-6-14)18-12-3-1-2-7-15(18)13-8-10-17-11-9-13/h8-11,14-15H,1-7,12H2. The van der Waals surface area contributed by atoms with Crippen molar-refractivity contribution in [1.29, 1.82) is 0 Å². The lowest BCUT2D eigenvalue weighted by Crippen LogP contribution is -2.41. The maximum absolute atomic E-state index is 12.6. The number of hydrogen-bond donors (Lipinski definition) is 0. The molecule has 1 saturated heterocycles. The van der Waals surface area contributed by atoms with Crippen molar-refractivity contribution in [2.24, 2.45) is 5.92 Å². The first-order chi connectivity index (χ1) is 9.36. The molecule has 2 aliphatic rings. The van der Waals surface area contributed by atoms with Crippen LogP contribution < -0.4 is 0 Å². The summed E-state index contributed by atoms with van der Waals surface area (Å²) in [6, 6.07) is 4.41. The van der Waals surface area contributed by atoms with Crippen molar-refractivity contribution in [2.75, 3.05) is 6.54 Å². The summed E-state index contributed by atoms with van der Waals surface area (Å²) in [6.45, 7) is 0.933. The number of pyridine rings is 1. The van der Waals surface area contributed by atoms with Gasteiger partial charge in [0, 0.05) is 24.9 Å². The molecule has 1 amide bonds. The quantitative estimate of drug-likeness (QED) is 0.815. The highest BCUT2D eigenvalue weighted by Crippen LogP contribution is 2.35. The van der Waals surface area contributed by atoms with E-state index in [2.05, 4.69) is 22.0 Å². The van der Waals surface area contributed by atoms with Crippen LogP contribution in [0, 0.1) is 5.92 Å². The zero-order valence-corrected chi connectivity index (χ0v) is 11.4. The van der Waals surface area contributed by atoms with E-state index < -0.39 is 0 Å². The lowest BCUT2D eigenvalue weighted by atomic mass is 9.83. The molecule has 1 saturated carbocycles. The maximum Gasteiger partial charge on any atom is 0.226 e. The van der Waals surface area contributed by atoms with Crippen LogP contribution in [-0.2, 0) is 4.79 Å². The van der Waals surface area contributed by atoms with E-state index >= 15 is 0 Å². The molecule has 1 aliphatic carbocycles. The molecule has 1 aromatic rings. The van der Waals surface area contributed by atoms with Gasteiger partial charge in [-0.2, -0.15) is 0 Å². The zero-order chi connectivity index (χ0) is 13.1. The molecular formula is C16H22N2O. The Kier molecular flexibility index (Phi) is 3.81. The Morgan fingerprint density at radius 1 is 1.05 bits per heavy atom. The third kappa shape index (κ3) is 2.65. The van der Waals surface area contributed by atoms with E-state index in [0.717, 1.165) is 32.2 Å². The smallest absolute Gasteiger partial charge is 0.226 e. The summed E-state index contributed by atoms with van der Waals surface area (Å²) in [6.07, 6.45) is 11.8. The van der Waals surface area contributed by atoms with E-state index in [1.807, 2.05) is 12.4 Å². The minimum absolute atomic E-state index is 0.276. The summed E-state index contributed by atoms with van der Waals surface area (Å²) in [5.74, 6) is 0.706. The third-order valence-electron chi connectivity index (χ3n) is 4.58. The molecule has 0 bridgehead atoms. The highest BCUT2D eigenvalue weighted by Gasteiger charge is 2.34. The maximum atomic E-state index is 12.6. The van der Waals surface area contributed by atoms with Crippen molar-refractivity contribution in [3.63, 3.8) is 0 Å². The molecule has 2 fully saturated rings. The highest BCUT2D eigenvalue weighted by molar-refractivity contribution is 5.80. The topological polar surface area (TPSA) is 33.2 Å². The fourth-order valence-electron chi connectivity index (χ4n) is 3.19. The van der Waals surface area contributed by atoms with Gasteiger partial charge in [0.15, 0.2) is 0 Å². The fraction of sp³-hybridized carbons (Fsp3) is 0.625. The Labute approximate surface area is 115 Å². The van der Waals surface area contributed by atoms with Crippen LogP contribution in [0.2, 0.25) is 0 Å². The minimum atomic E-state index is 0.276. The van der Waals surface area contributed by atoms with E-state index in [1.54, 1.807) is 0 Å². The zero-order valence-electron chi connectivity index (χ0n) is 11.4. The largest absolute Gasteiger partial charge is 0.335 e. The number of carbonyl (C=O) groups is 1. The van der Waals surface area contributed by atoms with Gasteiger partial charge in [0.25, 0.3) is 0 Å². The molecule has 102 valence electrons. The number of nitrogens with zero attached hydrogens (tertiary/aromatic N) is 2. The van der Waals surface area contributed by atoms with Gasteiger partial charge in [-0.3, -0.25) is 9.78 Å². The van der Waals surface area contributed by atoms with Crippen molar-refractivity contribution in [3.05, 3.63) is 30.1 Å². The van der Waals surface area contributed by atoms with Crippen LogP contribution in [0.3, 0.4) is 0 Å². The van der Waals surface area contributed by atoms with Crippen LogP contribution in [0.5, 0.6) is 0 Å². The predicted molar refractivity (Wildman–Crippen MR) is 74.5 cm³/mol. The molecule has 0 N–H and O–H groups in total. The average Bonchev–Trinajstić information content (AvgIpc) is 2.63. The van der Waals surface area contributed by atoms with E-state index in [-0.39, 0.29) is 6.04 Å². The van der Waals surface area contributed by atoms with Crippen molar-refractivity contribution in [1.82, 2.24) is 9.88 Å². The van der Waals surface area contributed by atoms with Gasteiger partial charge in [0.1, 0.15) is 0 Å². The van der Waals surface area contributed by atoms with Gasteiger partial charge in [0.2, 0.25) is 5.91 Å². The number of likely N-dealkylation sites (tertiary alicyclic amines) is 1. The van der Waals surface area contributed by atoms with Crippen LogP contribution >= 0.6 is 0 Å². The van der Waals surface area contributed by atoms with E-state index in [0.29, 0.717) is 11.8 Å². The van der Waals surface area contributed by atoms with Gasteiger partial charge in [0.05, 0.1) is 6.04 Å². The number of rotatable bonds is 2. The molecular weight excluding hydrogens is 236 g/mol. The lowest BCUT2D eigenvalue weighted by molar-refractivity contribution is -0.140. The number of hydrogen-bond acceptors (Lipinski definition) is 2. The molecule has 0 spiro atoms. The first-order valence-corrected chi connectivity index (χ1v) is 7.56. The molecule has 3 heteroatoms. The molecule has 2 heterocycles. The predicted octanol–water partition coefficient (Wildman–Crippen LogP) is 3.33. The lowest BCUT2D eigenvalue weighted by Gasteiger charge is -2.36. The number of amides is 1. The monoisotopic (exact) mass is 258 g/mol. The van der Waals surface area contributed by atoms with Crippen LogP contribution in [0.15, 0.2) is 24.5 Å². The Hall–Kier alpha value is -1.38. The molecule has 1 unspecified atom stereocenters. The summed E-state index contributed by atoms with van der Waals surface area (Å²) < 4.78 is 0. The number of carbonyl (C=O) groups excluding carboxylic acids is 1. The van der Waals surface area contributed by atoms with E-state index in [9.17, 15) is 4.79 Å². The van der Waals surface area contributed by atoms with Crippen LogP contribution in [0.1, 0.15) is 56.6 Å². The highest BCUT2D eigenvalue weighted by atomic mass is 16.2. The SMILES string of the molecule is O=C(C1CCC1)N1CCCCCC1c1ccncc1. The van der Waals surface area contributed by atoms with Crippen molar-refractivity contribution in [2.45, 2.75) is 51.0 Å². The summed E-state index contributed by atoms with van der Waals surface area (Å²) in [4.78, 5) is 18.9. The van der Waals surface area contributed by atoms with Gasteiger partial charge in [-0.15, -0.1) is 0 Å². The van der Waals surface area contributed by atoms with Gasteiger partial charge < -0.3 is 4.90 Å². The molecule has 1 aliphatic heterocycles. The molecule has 19 heavy (non-hydrogen) atoms. The normalized spacial score (nSPS) is 24.6. The van der Waals surface area contributed by atoms with E-state index in [1.165, 1.54) is 24.8 Å². The molecule has 3 nitrogen and oxygen atoms in total. The van der Waals surface area contributed by atoms with Crippen molar-refractivity contribution >= 4 is 5.91 Å². The average molecular weight is 258 g/mol. The molecule has 3 rings (SSSR count). The van der Waals surface area contributed by atoms with Gasteiger partial charge >= 0.3 is 0 Å². The van der Waals surface area contributed by atoms with Crippen LogP contribution in [0.25, 0.3) is 0 Å². The Morgan fingerprint density at radius 3 is 2.53 bits per heavy atom. The Morgan fingerprint density at radius 2 is 1.84 bits per heavy atom. The van der Waals surface area contributed by atoms with Gasteiger partial charge in [-0.1, -0.05) is 19.3 Å². The molecule has 0 aromatic carbocycles. The summed E-state index contributed by atoms with van der Waals surface area (Å²) in [7, 11) is 0. The molecule has 1 atom stereocenters. The summed E-state index contributed by atoms with van der Waals surface area (Å²) >= 11 is 0. The van der Waals surface area contributed by atoms with Crippen molar-refractivity contribution in [3.8, 4) is 0 Å². The third-order valence-corrected chi connectivity index (χ3v) is 4.58. The van der Waals surface area contributed by atoms with Crippen molar-refractivity contribution < 1.29 is 4.79 Å². The second kappa shape index (κ2) is 5.72. The first-order valence-electron chi connectivity index (χ1n) is 7.56. The van der Waals surface area contributed by atoms with Gasteiger partial charge in [-0.25, -0.2) is 0 Å². The Balaban J connectivity index is 1.82. The summed E-state index contributed by atoms with van der Waals surface area (Å²) in [5.41, 5.74) is 1.25. The van der Waals surface area contributed by atoms with E-state index in [4.69, 9.17) is 0 Å². The van der Waals surface area contributed by atoms with Crippen LogP contribution in [0.4, 0.5) is 0 Å². The first kappa shape index (κ1) is 12.6. The van der Waals surface area contributed by atoms with Crippen LogP contribution in [-0.4, -0.2) is 22.3 Å². The molecule has 0 radical (unpaired) electrons. The second-order valence-corrected chi connectivity index (χ2v) is 5.81. The summed E-state index contributed by atoms with van der Waals surface area (Å²) in [5, 5.41) is 0. The molecule has 1 aromatic heterocycles. The number of aromatic nitrogens is 1. The Bertz CT molecular complexity index is 428. The van der Waals surface area contributed by atoms with Gasteiger partial charge in [-0.05, 0) is 43.4 Å². The fourth-order valence-corrected chi connectivity index (χ4v) is 3.19. The minimum Gasteiger partial charge on any atom is -0.335 e.